The number of carbonyl (C=O) groups is 1. The number of carboxylic acid groups (broad SMARTS) is 1. The molecule has 0 amide bonds. The van der Waals surface area contributed by atoms with Crippen molar-refractivity contribution in [2.75, 3.05) is 5.73 Å². The number of imidazole rings is 1. The summed E-state index contributed by atoms with van der Waals surface area (Å²) < 4.78 is 2.05. The lowest BCUT2D eigenvalue weighted by atomic mass is 9.81. The fourth-order valence-electron chi connectivity index (χ4n) is 5.54. The predicted octanol–water partition coefficient (Wildman–Crippen LogP) is 5.55. The van der Waals surface area contributed by atoms with E-state index in [9.17, 15) is 9.90 Å². The van der Waals surface area contributed by atoms with Crippen LogP contribution >= 0.6 is 0 Å². The molecule has 4 aromatic rings. The number of rotatable bonds is 4. The Kier molecular flexibility index (Phi) is 4.98. The molecule has 1 aromatic carbocycles. The molecule has 2 aliphatic rings. The van der Waals surface area contributed by atoms with E-state index in [0.29, 0.717) is 18.7 Å². The van der Waals surface area contributed by atoms with Gasteiger partial charge in [-0.05, 0) is 50.2 Å². The Hall–Kier alpha value is -3.87. The normalized spacial score (nSPS) is 20.6. The quantitative estimate of drug-likeness (QED) is 0.375. The van der Waals surface area contributed by atoms with E-state index in [1.165, 1.54) is 11.1 Å². The van der Waals surface area contributed by atoms with Crippen LogP contribution < -0.4 is 5.73 Å². The molecule has 172 valence electrons. The van der Waals surface area contributed by atoms with Crippen molar-refractivity contribution < 1.29 is 9.90 Å². The number of nitrogen functional groups attached to an aromatic ring is 1. The molecule has 4 N–H and O–H groups in total. The van der Waals surface area contributed by atoms with Crippen LogP contribution in [-0.4, -0.2) is 30.4 Å². The van der Waals surface area contributed by atoms with Crippen LogP contribution in [0.15, 0.2) is 54.9 Å². The van der Waals surface area contributed by atoms with Gasteiger partial charge in [0, 0.05) is 29.3 Å². The molecule has 0 bridgehead atoms. The number of aromatic nitrogens is 4. The molecule has 7 heteroatoms. The van der Waals surface area contributed by atoms with E-state index in [-0.39, 0.29) is 11.8 Å². The molecule has 2 aliphatic carbocycles. The Bertz CT molecular complexity index is 1470. The van der Waals surface area contributed by atoms with Crippen molar-refractivity contribution in [2.24, 2.45) is 5.92 Å². The molecule has 3 heterocycles. The average Bonchev–Trinajstić information content (AvgIpc) is 3.47. The van der Waals surface area contributed by atoms with Crippen LogP contribution in [0.4, 0.5) is 5.82 Å². The largest absolute Gasteiger partial charge is 0.481 e. The number of fused-ring (bicyclic) bond motifs is 2. The van der Waals surface area contributed by atoms with Crippen molar-refractivity contribution in [3.63, 3.8) is 0 Å². The zero-order chi connectivity index (χ0) is 23.2. The van der Waals surface area contributed by atoms with E-state index in [4.69, 9.17) is 10.7 Å². The summed E-state index contributed by atoms with van der Waals surface area (Å²) in [6, 6.07) is 8.52. The second-order valence-electron chi connectivity index (χ2n) is 9.35. The van der Waals surface area contributed by atoms with Crippen molar-refractivity contribution in [3.05, 3.63) is 66.3 Å². The SMILES string of the molecule is Nc1nccn2c1c(-c1cc3cccc(C4=CC=CCC4)c3[nH]1)nc2[C@H]1CC[C@H](C(=O)O)CC1. The minimum atomic E-state index is -0.696. The van der Waals surface area contributed by atoms with Gasteiger partial charge in [-0.3, -0.25) is 9.20 Å². The maximum absolute atomic E-state index is 11.4. The minimum Gasteiger partial charge on any atom is -0.481 e. The zero-order valence-corrected chi connectivity index (χ0v) is 18.9. The topological polar surface area (TPSA) is 109 Å². The average molecular weight is 454 g/mol. The molecule has 6 rings (SSSR count). The summed E-state index contributed by atoms with van der Waals surface area (Å²) in [6.45, 7) is 0. The highest BCUT2D eigenvalue weighted by Crippen LogP contribution is 2.39. The van der Waals surface area contributed by atoms with Gasteiger partial charge in [0.25, 0.3) is 0 Å². The first-order valence-corrected chi connectivity index (χ1v) is 11.9. The van der Waals surface area contributed by atoms with Gasteiger partial charge in [-0.15, -0.1) is 0 Å². The van der Waals surface area contributed by atoms with Crippen molar-refractivity contribution in [1.82, 2.24) is 19.4 Å². The van der Waals surface area contributed by atoms with Crippen LogP contribution in [0.5, 0.6) is 0 Å². The number of para-hydroxylation sites is 1. The molecule has 0 radical (unpaired) electrons. The third kappa shape index (κ3) is 3.39. The molecule has 7 nitrogen and oxygen atoms in total. The van der Waals surface area contributed by atoms with Gasteiger partial charge in [-0.25, -0.2) is 9.97 Å². The molecule has 0 aliphatic heterocycles. The number of carboxylic acids is 1. The van der Waals surface area contributed by atoms with E-state index in [1.54, 1.807) is 6.20 Å². The maximum atomic E-state index is 11.4. The summed E-state index contributed by atoms with van der Waals surface area (Å²) in [5, 5.41) is 10.5. The molecule has 34 heavy (non-hydrogen) atoms. The van der Waals surface area contributed by atoms with E-state index < -0.39 is 5.97 Å². The first-order chi connectivity index (χ1) is 16.6. The number of nitrogens with two attached hydrogens (primary N) is 1. The van der Waals surface area contributed by atoms with Crippen LogP contribution in [-0.2, 0) is 4.79 Å². The Balaban J connectivity index is 1.46. The summed E-state index contributed by atoms with van der Waals surface area (Å²) in [5.41, 5.74) is 12.5. The summed E-state index contributed by atoms with van der Waals surface area (Å²) in [6.07, 6.45) is 15.2. The number of anilines is 1. The van der Waals surface area contributed by atoms with Crippen molar-refractivity contribution in [1.29, 1.82) is 0 Å². The zero-order valence-electron chi connectivity index (χ0n) is 18.9. The van der Waals surface area contributed by atoms with Gasteiger partial charge in [0.15, 0.2) is 0 Å². The van der Waals surface area contributed by atoms with Gasteiger partial charge in [0.1, 0.15) is 22.9 Å². The standard InChI is InChI=1S/C27H27N5O2/c28-25-24-23(21-15-19-7-4-8-20(22(19)30-21)16-5-2-1-3-6-16)31-26(32(24)14-13-29-25)17-9-11-18(12-10-17)27(33)34/h1-2,4-5,7-8,13-15,17-18,30H,3,6,9-12H2,(H2,28,29)(H,33,34)/t17-,18-. The van der Waals surface area contributed by atoms with Gasteiger partial charge >= 0.3 is 5.97 Å². The predicted molar refractivity (Wildman–Crippen MR) is 133 cm³/mol. The lowest BCUT2D eigenvalue weighted by Crippen LogP contribution is -2.21. The number of hydrogen-bond donors (Lipinski definition) is 3. The smallest absolute Gasteiger partial charge is 0.306 e. The van der Waals surface area contributed by atoms with Gasteiger partial charge in [-0.2, -0.15) is 0 Å². The van der Waals surface area contributed by atoms with E-state index in [0.717, 1.165) is 59.3 Å². The first kappa shape index (κ1) is 20.7. The van der Waals surface area contributed by atoms with Crippen molar-refractivity contribution in [3.8, 4) is 11.4 Å². The molecule has 3 aromatic heterocycles. The van der Waals surface area contributed by atoms with Crippen LogP contribution in [0.25, 0.3) is 33.4 Å². The number of nitrogens with one attached hydrogen (secondary N) is 1. The Morgan fingerprint density at radius 2 is 2.06 bits per heavy atom. The van der Waals surface area contributed by atoms with Gasteiger partial charge in [-0.1, -0.05) is 36.4 Å². The third-order valence-corrected chi connectivity index (χ3v) is 7.32. The fraction of sp³-hybridized carbons (Fsp3) is 0.296. The molecule has 1 saturated carbocycles. The van der Waals surface area contributed by atoms with Crippen molar-refractivity contribution >= 4 is 33.8 Å². The van der Waals surface area contributed by atoms with Crippen LogP contribution in [0.2, 0.25) is 0 Å². The first-order valence-electron chi connectivity index (χ1n) is 11.9. The number of hydrogen-bond acceptors (Lipinski definition) is 4. The summed E-state index contributed by atoms with van der Waals surface area (Å²) in [4.78, 5) is 24.5. The van der Waals surface area contributed by atoms with Crippen LogP contribution in [0.3, 0.4) is 0 Å². The highest BCUT2D eigenvalue weighted by Gasteiger charge is 2.30. The Labute approximate surface area is 197 Å². The van der Waals surface area contributed by atoms with E-state index >= 15 is 0 Å². The second-order valence-corrected chi connectivity index (χ2v) is 9.35. The van der Waals surface area contributed by atoms with Crippen LogP contribution in [0.1, 0.15) is 55.8 Å². The van der Waals surface area contributed by atoms with E-state index in [2.05, 4.69) is 52.5 Å². The highest BCUT2D eigenvalue weighted by atomic mass is 16.4. The van der Waals surface area contributed by atoms with E-state index in [1.807, 2.05) is 10.6 Å². The molecule has 0 spiro atoms. The number of aliphatic carboxylic acids is 1. The number of aromatic amines is 1. The van der Waals surface area contributed by atoms with Gasteiger partial charge < -0.3 is 15.8 Å². The fourth-order valence-corrected chi connectivity index (χ4v) is 5.54. The number of H-pyrrole nitrogens is 1. The summed E-state index contributed by atoms with van der Waals surface area (Å²) in [7, 11) is 0. The number of allylic oxidation sites excluding steroid dienone is 4. The van der Waals surface area contributed by atoms with Gasteiger partial charge in [0.05, 0.1) is 17.1 Å². The maximum Gasteiger partial charge on any atom is 0.306 e. The Morgan fingerprint density at radius 3 is 2.82 bits per heavy atom. The number of nitrogens with zero attached hydrogens (tertiary/aromatic N) is 3. The summed E-state index contributed by atoms with van der Waals surface area (Å²) in [5.74, 6) is 0.608. The second kappa shape index (κ2) is 8.17. The molecule has 0 atom stereocenters. The lowest BCUT2D eigenvalue weighted by Gasteiger charge is -2.25. The molecule has 1 fully saturated rings. The van der Waals surface area contributed by atoms with Crippen molar-refractivity contribution in [2.45, 2.75) is 44.4 Å². The number of benzene rings is 1. The third-order valence-electron chi connectivity index (χ3n) is 7.32. The molecular formula is C27H27N5O2. The summed E-state index contributed by atoms with van der Waals surface area (Å²) >= 11 is 0. The molecule has 0 saturated heterocycles. The highest BCUT2D eigenvalue weighted by molar-refractivity contribution is 5.97. The minimum absolute atomic E-state index is 0.192. The van der Waals surface area contributed by atoms with Crippen LogP contribution in [0, 0.1) is 5.92 Å². The Morgan fingerprint density at radius 1 is 1.21 bits per heavy atom. The lowest BCUT2D eigenvalue weighted by molar-refractivity contribution is -0.142. The molecule has 0 unspecified atom stereocenters. The molecular weight excluding hydrogens is 426 g/mol. The van der Waals surface area contributed by atoms with Gasteiger partial charge in [0.2, 0.25) is 0 Å². The monoisotopic (exact) mass is 453 g/mol.